The number of rotatable bonds is 4. The van der Waals surface area contributed by atoms with E-state index in [1.807, 2.05) is 45.9 Å². The van der Waals surface area contributed by atoms with Crippen molar-refractivity contribution < 1.29 is 10.2 Å². The van der Waals surface area contributed by atoms with Crippen LogP contribution in [0.25, 0.3) is 16.9 Å². The molecule has 0 spiro atoms. The number of β-amino-alcohol motifs (C(OH)–C–C–N with tert-alkyl or cyclic N) is 1. The first kappa shape index (κ1) is 17.5. The first-order valence-electron chi connectivity index (χ1n) is 9.16. The molecular weight excluding hydrogens is 370 g/mol. The summed E-state index contributed by atoms with van der Waals surface area (Å²) < 4.78 is 1.83. The molecule has 0 aliphatic carbocycles. The summed E-state index contributed by atoms with van der Waals surface area (Å²) in [4.78, 5) is 19.3. The maximum atomic E-state index is 10.9. The second-order valence-corrected chi connectivity index (χ2v) is 7.14. The molecule has 0 atom stereocenters. The van der Waals surface area contributed by atoms with E-state index in [1.165, 1.54) is 0 Å². The number of fused-ring (bicyclic) bond motifs is 1. The third-order valence-corrected chi connectivity index (χ3v) is 5.21. The lowest BCUT2D eigenvalue weighted by Crippen LogP contribution is -2.60. The monoisotopic (exact) mass is 389 g/mol. The van der Waals surface area contributed by atoms with E-state index in [1.54, 1.807) is 18.7 Å². The molecule has 29 heavy (non-hydrogen) atoms. The molecule has 0 radical (unpaired) electrons. The first-order chi connectivity index (χ1) is 14.1. The van der Waals surface area contributed by atoms with E-state index in [-0.39, 0.29) is 6.61 Å². The van der Waals surface area contributed by atoms with Gasteiger partial charge in [-0.1, -0.05) is 24.3 Å². The number of benzene rings is 1. The van der Waals surface area contributed by atoms with Crippen LogP contribution in [0.1, 0.15) is 11.1 Å². The summed E-state index contributed by atoms with van der Waals surface area (Å²) in [5.41, 5.74) is 8.73. The van der Waals surface area contributed by atoms with E-state index in [9.17, 15) is 10.2 Å². The first-order valence-corrected chi connectivity index (χ1v) is 9.16. The second kappa shape index (κ2) is 6.50. The molecule has 4 N–H and O–H groups in total. The smallest absolute Gasteiger partial charge is 0.229 e. The summed E-state index contributed by atoms with van der Waals surface area (Å²) in [5, 5.41) is 20.1. The maximum Gasteiger partial charge on any atom is 0.229 e. The standard InChI is InChI=1S/C20H19N7O2/c21-17-16-18(27(12-23-16)15-5-7-22-8-6-15)25-19(24-17)26-10-20(29,11-26)14-3-1-13(9-28)2-4-14/h1-8,12,28-29H,9-11H2,(H2,21,24,25). The number of anilines is 2. The molecule has 0 unspecified atom stereocenters. The van der Waals surface area contributed by atoms with E-state index < -0.39 is 5.60 Å². The maximum absolute atomic E-state index is 10.9. The Balaban J connectivity index is 1.45. The van der Waals surface area contributed by atoms with Crippen LogP contribution in [0.15, 0.2) is 55.1 Å². The number of aromatic nitrogens is 5. The van der Waals surface area contributed by atoms with Crippen molar-refractivity contribution in [2.24, 2.45) is 0 Å². The van der Waals surface area contributed by atoms with Crippen molar-refractivity contribution in [3.63, 3.8) is 0 Å². The van der Waals surface area contributed by atoms with Gasteiger partial charge in [-0.05, 0) is 23.3 Å². The van der Waals surface area contributed by atoms with Crippen LogP contribution in [0.4, 0.5) is 11.8 Å². The van der Waals surface area contributed by atoms with E-state index >= 15 is 0 Å². The van der Waals surface area contributed by atoms with Gasteiger partial charge in [0.25, 0.3) is 0 Å². The minimum Gasteiger partial charge on any atom is -0.392 e. The van der Waals surface area contributed by atoms with Gasteiger partial charge in [-0.2, -0.15) is 9.97 Å². The zero-order valence-electron chi connectivity index (χ0n) is 15.5. The minimum atomic E-state index is -0.994. The lowest BCUT2D eigenvalue weighted by molar-refractivity contribution is 0.00655. The Morgan fingerprint density at radius 3 is 2.45 bits per heavy atom. The number of nitrogen functional groups attached to an aromatic ring is 1. The topological polar surface area (TPSA) is 126 Å². The molecule has 1 aliphatic rings. The number of pyridine rings is 1. The molecule has 1 saturated heterocycles. The zero-order chi connectivity index (χ0) is 20.0. The van der Waals surface area contributed by atoms with Crippen molar-refractivity contribution in [1.82, 2.24) is 24.5 Å². The van der Waals surface area contributed by atoms with Crippen molar-refractivity contribution in [2.45, 2.75) is 12.2 Å². The predicted molar refractivity (Wildman–Crippen MR) is 107 cm³/mol. The van der Waals surface area contributed by atoms with Crippen molar-refractivity contribution in [2.75, 3.05) is 23.7 Å². The molecule has 1 aliphatic heterocycles. The van der Waals surface area contributed by atoms with Crippen molar-refractivity contribution in [3.8, 4) is 5.69 Å². The number of aliphatic hydroxyl groups is 2. The highest BCUT2D eigenvalue weighted by Gasteiger charge is 2.44. The number of aliphatic hydroxyl groups excluding tert-OH is 1. The van der Waals surface area contributed by atoms with Gasteiger partial charge in [0, 0.05) is 12.4 Å². The van der Waals surface area contributed by atoms with Crippen LogP contribution in [0.5, 0.6) is 0 Å². The molecular formula is C20H19N7O2. The van der Waals surface area contributed by atoms with Gasteiger partial charge in [-0.3, -0.25) is 9.55 Å². The lowest BCUT2D eigenvalue weighted by atomic mass is 9.86. The van der Waals surface area contributed by atoms with E-state index in [0.29, 0.717) is 36.0 Å². The third kappa shape index (κ3) is 2.87. The lowest BCUT2D eigenvalue weighted by Gasteiger charge is -2.46. The molecule has 9 heteroatoms. The van der Waals surface area contributed by atoms with E-state index in [2.05, 4.69) is 19.9 Å². The van der Waals surface area contributed by atoms with Crippen LogP contribution >= 0.6 is 0 Å². The van der Waals surface area contributed by atoms with Crippen LogP contribution in [0.2, 0.25) is 0 Å². The van der Waals surface area contributed by atoms with Gasteiger partial charge >= 0.3 is 0 Å². The highest BCUT2D eigenvalue weighted by Crippen LogP contribution is 2.35. The number of hydrogen-bond acceptors (Lipinski definition) is 8. The summed E-state index contributed by atoms with van der Waals surface area (Å²) in [6.07, 6.45) is 5.05. The SMILES string of the molecule is Nc1nc(N2CC(O)(c3ccc(CO)cc3)C2)nc2c1ncn2-c1ccncc1. The van der Waals surface area contributed by atoms with Crippen molar-refractivity contribution in [3.05, 3.63) is 66.2 Å². The summed E-state index contributed by atoms with van der Waals surface area (Å²) >= 11 is 0. The van der Waals surface area contributed by atoms with Gasteiger partial charge in [0.2, 0.25) is 5.95 Å². The van der Waals surface area contributed by atoms with Crippen molar-refractivity contribution >= 4 is 22.9 Å². The number of imidazole rings is 1. The third-order valence-electron chi connectivity index (χ3n) is 5.21. The molecule has 0 saturated carbocycles. The Morgan fingerprint density at radius 2 is 1.76 bits per heavy atom. The predicted octanol–water partition coefficient (Wildman–Crippen LogP) is 0.993. The average Bonchev–Trinajstić information content (AvgIpc) is 3.17. The van der Waals surface area contributed by atoms with Gasteiger partial charge in [-0.25, -0.2) is 4.98 Å². The van der Waals surface area contributed by atoms with Crippen LogP contribution in [-0.4, -0.2) is 47.8 Å². The van der Waals surface area contributed by atoms with E-state index in [0.717, 1.165) is 16.8 Å². The molecule has 1 fully saturated rings. The summed E-state index contributed by atoms with van der Waals surface area (Å²) in [5.74, 6) is 0.739. The molecule has 0 amide bonds. The Morgan fingerprint density at radius 1 is 1.03 bits per heavy atom. The number of nitrogens with zero attached hydrogens (tertiary/aromatic N) is 6. The summed E-state index contributed by atoms with van der Waals surface area (Å²) in [6, 6.07) is 11.0. The molecule has 4 heterocycles. The fourth-order valence-corrected chi connectivity index (χ4v) is 3.57. The van der Waals surface area contributed by atoms with Crippen molar-refractivity contribution in [1.29, 1.82) is 0 Å². The fourth-order valence-electron chi connectivity index (χ4n) is 3.57. The Hall–Kier alpha value is -3.56. The Bertz CT molecular complexity index is 1170. The van der Waals surface area contributed by atoms with Crippen LogP contribution in [0, 0.1) is 0 Å². The fraction of sp³-hybridized carbons (Fsp3) is 0.200. The van der Waals surface area contributed by atoms with Crippen LogP contribution < -0.4 is 10.6 Å². The van der Waals surface area contributed by atoms with Gasteiger partial charge in [0.15, 0.2) is 17.0 Å². The average molecular weight is 389 g/mol. The second-order valence-electron chi connectivity index (χ2n) is 7.14. The molecule has 0 bridgehead atoms. The highest BCUT2D eigenvalue weighted by molar-refractivity contribution is 5.84. The Kier molecular flexibility index (Phi) is 3.93. The number of hydrogen-bond donors (Lipinski definition) is 3. The summed E-state index contributed by atoms with van der Waals surface area (Å²) in [6.45, 7) is 0.669. The quantitative estimate of drug-likeness (QED) is 0.472. The van der Waals surface area contributed by atoms with Gasteiger partial charge in [0.1, 0.15) is 11.9 Å². The van der Waals surface area contributed by atoms with Crippen LogP contribution in [-0.2, 0) is 12.2 Å². The molecule has 4 aromatic rings. The van der Waals surface area contributed by atoms with Gasteiger partial charge in [-0.15, -0.1) is 0 Å². The normalized spacial score (nSPS) is 15.4. The van der Waals surface area contributed by atoms with E-state index in [4.69, 9.17) is 5.73 Å². The van der Waals surface area contributed by atoms with Crippen LogP contribution in [0.3, 0.4) is 0 Å². The Labute approximate surface area is 166 Å². The minimum absolute atomic E-state index is 0.0247. The summed E-state index contributed by atoms with van der Waals surface area (Å²) in [7, 11) is 0. The molecule has 9 nitrogen and oxygen atoms in total. The molecule has 5 rings (SSSR count). The zero-order valence-corrected chi connectivity index (χ0v) is 15.5. The number of nitrogens with two attached hydrogens (primary N) is 1. The molecule has 1 aromatic carbocycles. The highest BCUT2D eigenvalue weighted by atomic mass is 16.3. The largest absolute Gasteiger partial charge is 0.392 e. The van der Waals surface area contributed by atoms with Gasteiger partial charge in [0.05, 0.1) is 25.4 Å². The van der Waals surface area contributed by atoms with Gasteiger partial charge < -0.3 is 20.8 Å². The molecule has 146 valence electrons. The molecule has 3 aromatic heterocycles.